The Morgan fingerprint density at radius 2 is 1.80 bits per heavy atom. The van der Waals surface area contributed by atoms with Crippen LogP contribution >= 0.6 is 11.8 Å². The van der Waals surface area contributed by atoms with Gasteiger partial charge in [-0.3, -0.25) is 0 Å². The largest absolute Gasteiger partial charge is 0.215 e. The third kappa shape index (κ3) is 3.25. The molecule has 4 rings (SSSR count). The molecule has 0 spiro atoms. The second-order valence-corrected chi connectivity index (χ2v) is 6.62. The fourth-order valence-electron chi connectivity index (χ4n) is 2.64. The van der Waals surface area contributed by atoms with Crippen LogP contribution in [0.1, 0.15) is 11.1 Å². The van der Waals surface area contributed by atoms with Gasteiger partial charge in [0, 0.05) is 16.2 Å². The molecule has 0 aliphatic carbocycles. The topological polar surface area (TPSA) is 54.0 Å². The number of hydrogen-bond donors (Lipinski definition) is 0. The summed E-state index contributed by atoms with van der Waals surface area (Å²) in [6.45, 7) is 0. The van der Waals surface area contributed by atoms with Crippen molar-refractivity contribution in [1.29, 1.82) is 5.26 Å². The van der Waals surface area contributed by atoms with Crippen LogP contribution in [0.4, 0.5) is 0 Å². The Morgan fingerprint density at radius 3 is 2.56 bits per heavy atom. The molecule has 25 heavy (non-hydrogen) atoms. The van der Waals surface area contributed by atoms with Crippen LogP contribution in [0.5, 0.6) is 0 Å². The highest BCUT2D eigenvalue weighted by atomic mass is 32.2. The number of thioether (sulfide) groups is 1. The van der Waals surface area contributed by atoms with Crippen molar-refractivity contribution in [3.05, 3.63) is 84.2 Å². The van der Waals surface area contributed by atoms with E-state index in [1.807, 2.05) is 40.9 Å². The average molecular weight is 342 g/mol. The highest BCUT2D eigenvalue weighted by molar-refractivity contribution is 7.98. The van der Waals surface area contributed by atoms with Crippen LogP contribution in [0, 0.1) is 11.3 Å². The van der Waals surface area contributed by atoms with E-state index in [0.717, 1.165) is 27.6 Å². The predicted octanol–water partition coefficient (Wildman–Crippen LogP) is 4.56. The maximum absolute atomic E-state index is 8.98. The molecule has 2 heterocycles. The smallest absolute Gasteiger partial charge is 0.157 e. The Kier molecular flexibility index (Phi) is 4.19. The van der Waals surface area contributed by atoms with Crippen LogP contribution in [-0.2, 0) is 5.75 Å². The molecule has 0 N–H and O–H groups in total. The van der Waals surface area contributed by atoms with Crippen LogP contribution in [-0.4, -0.2) is 14.6 Å². The standard InChI is InChI=1S/C20H14N4S/c21-12-15-6-8-17(9-7-15)19-10-18(11-20-22-14-23-24(19)20)25-13-16-4-2-1-3-5-16/h1-11,14H,13H2. The number of benzene rings is 2. The second kappa shape index (κ2) is 6.80. The first-order valence-corrected chi connectivity index (χ1v) is 8.83. The van der Waals surface area contributed by atoms with Crippen LogP contribution < -0.4 is 0 Å². The lowest BCUT2D eigenvalue weighted by Crippen LogP contribution is -1.95. The minimum Gasteiger partial charge on any atom is -0.215 e. The number of nitriles is 1. The van der Waals surface area contributed by atoms with Gasteiger partial charge in [0.05, 0.1) is 17.3 Å². The lowest BCUT2D eigenvalue weighted by Gasteiger charge is -2.08. The monoisotopic (exact) mass is 342 g/mol. The van der Waals surface area contributed by atoms with Crippen molar-refractivity contribution < 1.29 is 0 Å². The Bertz CT molecular complexity index is 1050. The molecule has 120 valence electrons. The first kappa shape index (κ1) is 15.4. The SMILES string of the molecule is N#Cc1ccc(-c2cc(SCc3ccccc3)cc3ncnn23)cc1. The van der Waals surface area contributed by atoms with Gasteiger partial charge in [-0.1, -0.05) is 42.5 Å². The Morgan fingerprint density at radius 1 is 1.00 bits per heavy atom. The molecule has 0 radical (unpaired) electrons. The number of fused-ring (bicyclic) bond motifs is 1. The van der Waals surface area contributed by atoms with Crippen molar-refractivity contribution in [2.24, 2.45) is 0 Å². The van der Waals surface area contributed by atoms with Crippen LogP contribution in [0.3, 0.4) is 0 Å². The minimum atomic E-state index is 0.646. The molecule has 2 aromatic heterocycles. The molecule has 0 aliphatic rings. The fraction of sp³-hybridized carbons (Fsp3) is 0.0500. The number of aromatic nitrogens is 3. The summed E-state index contributed by atoms with van der Waals surface area (Å²) in [5, 5.41) is 13.3. The molecule has 0 saturated carbocycles. The van der Waals surface area contributed by atoms with Crippen LogP contribution in [0.25, 0.3) is 16.9 Å². The summed E-state index contributed by atoms with van der Waals surface area (Å²) in [5.74, 6) is 0.901. The van der Waals surface area contributed by atoms with E-state index in [-0.39, 0.29) is 0 Å². The van der Waals surface area contributed by atoms with E-state index in [4.69, 9.17) is 5.26 Å². The summed E-state index contributed by atoms with van der Waals surface area (Å²) >= 11 is 1.77. The number of pyridine rings is 1. The summed E-state index contributed by atoms with van der Waals surface area (Å²) in [4.78, 5) is 5.48. The lowest BCUT2D eigenvalue weighted by atomic mass is 10.1. The van der Waals surface area contributed by atoms with E-state index in [2.05, 4.69) is 46.5 Å². The van der Waals surface area contributed by atoms with E-state index in [0.29, 0.717) is 5.56 Å². The normalized spacial score (nSPS) is 10.7. The molecule has 0 fully saturated rings. The van der Waals surface area contributed by atoms with Crippen molar-refractivity contribution >= 4 is 17.4 Å². The molecule has 0 saturated heterocycles. The van der Waals surface area contributed by atoms with Gasteiger partial charge in [-0.2, -0.15) is 10.4 Å². The molecule has 0 bridgehead atoms. The minimum absolute atomic E-state index is 0.646. The number of rotatable bonds is 4. The van der Waals surface area contributed by atoms with Crippen molar-refractivity contribution in [1.82, 2.24) is 14.6 Å². The lowest BCUT2D eigenvalue weighted by molar-refractivity contribution is 0.962. The predicted molar refractivity (Wildman–Crippen MR) is 99.1 cm³/mol. The van der Waals surface area contributed by atoms with Gasteiger partial charge in [0.25, 0.3) is 0 Å². The van der Waals surface area contributed by atoms with Gasteiger partial charge in [-0.05, 0) is 29.8 Å². The van der Waals surface area contributed by atoms with Crippen molar-refractivity contribution in [2.75, 3.05) is 0 Å². The summed E-state index contributed by atoms with van der Waals surface area (Å²) in [6, 6.07) is 24.2. The Balaban J connectivity index is 1.70. The summed E-state index contributed by atoms with van der Waals surface area (Å²) in [5.41, 5.74) is 4.73. The van der Waals surface area contributed by atoms with Gasteiger partial charge in [0.2, 0.25) is 0 Å². The van der Waals surface area contributed by atoms with Gasteiger partial charge in [0.15, 0.2) is 5.65 Å². The fourth-order valence-corrected chi connectivity index (χ4v) is 3.55. The second-order valence-electron chi connectivity index (χ2n) is 5.57. The zero-order chi connectivity index (χ0) is 17.1. The Hall–Kier alpha value is -3.10. The first-order valence-electron chi connectivity index (χ1n) is 7.84. The van der Waals surface area contributed by atoms with Gasteiger partial charge in [-0.25, -0.2) is 9.50 Å². The molecular weight excluding hydrogens is 328 g/mol. The van der Waals surface area contributed by atoms with Crippen molar-refractivity contribution in [3.8, 4) is 17.3 Å². The molecule has 0 unspecified atom stereocenters. The van der Waals surface area contributed by atoms with Crippen LogP contribution in [0.2, 0.25) is 0 Å². The molecule has 2 aromatic carbocycles. The molecule has 4 aromatic rings. The van der Waals surface area contributed by atoms with Gasteiger partial charge in [0.1, 0.15) is 6.33 Å². The zero-order valence-corrected chi connectivity index (χ0v) is 14.1. The highest BCUT2D eigenvalue weighted by Gasteiger charge is 2.09. The molecule has 0 aliphatic heterocycles. The van der Waals surface area contributed by atoms with E-state index in [1.54, 1.807) is 18.1 Å². The molecule has 5 heteroatoms. The zero-order valence-electron chi connectivity index (χ0n) is 13.3. The van der Waals surface area contributed by atoms with Crippen molar-refractivity contribution in [2.45, 2.75) is 10.6 Å². The molecular formula is C20H14N4S. The van der Waals surface area contributed by atoms with E-state index >= 15 is 0 Å². The summed E-state index contributed by atoms with van der Waals surface area (Å²) in [6.07, 6.45) is 1.56. The van der Waals surface area contributed by atoms with Gasteiger partial charge >= 0.3 is 0 Å². The van der Waals surface area contributed by atoms with Crippen molar-refractivity contribution in [3.63, 3.8) is 0 Å². The quantitative estimate of drug-likeness (QED) is 0.510. The van der Waals surface area contributed by atoms with Crippen LogP contribution in [0.15, 0.2) is 78.0 Å². The van der Waals surface area contributed by atoms with E-state index < -0.39 is 0 Å². The van der Waals surface area contributed by atoms with Gasteiger partial charge in [-0.15, -0.1) is 11.8 Å². The maximum atomic E-state index is 8.98. The highest BCUT2D eigenvalue weighted by Crippen LogP contribution is 2.29. The van der Waals surface area contributed by atoms with E-state index in [1.165, 1.54) is 5.56 Å². The third-order valence-electron chi connectivity index (χ3n) is 3.91. The number of nitrogens with zero attached hydrogens (tertiary/aromatic N) is 4. The molecule has 4 nitrogen and oxygen atoms in total. The average Bonchev–Trinajstić information content (AvgIpc) is 3.15. The maximum Gasteiger partial charge on any atom is 0.157 e. The Labute approximate surface area is 149 Å². The summed E-state index contributed by atoms with van der Waals surface area (Å²) < 4.78 is 1.83. The number of hydrogen-bond acceptors (Lipinski definition) is 4. The third-order valence-corrected chi connectivity index (χ3v) is 4.96. The molecule has 0 amide bonds. The molecule has 0 atom stereocenters. The van der Waals surface area contributed by atoms with Gasteiger partial charge < -0.3 is 0 Å². The van der Waals surface area contributed by atoms with E-state index in [9.17, 15) is 0 Å². The first-order chi connectivity index (χ1) is 12.3. The summed E-state index contributed by atoms with van der Waals surface area (Å²) in [7, 11) is 0.